The molecule has 0 bridgehead atoms. The van der Waals surface area contributed by atoms with Gasteiger partial charge in [-0.3, -0.25) is 4.98 Å². The van der Waals surface area contributed by atoms with Crippen molar-refractivity contribution in [3.63, 3.8) is 0 Å². The van der Waals surface area contributed by atoms with E-state index in [0.29, 0.717) is 5.52 Å². The normalized spacial score (nSPS) is 11.7. The maximum absolute atomic E-state index is 13.1. The lowest BCUT2D eigenvalue weighted by Crippen LogP contribution is -2.06. The third kappa shape index (κ3) is 1.94. The monoisotopic (exact) mass is 219 g/mol. The largest absolute Gasteiger partial charge is 0.270 e. The van der Waals surface area contributed by atoms with Crippen LogP contribution >= 0.6 is 0 Å². The molecule has 1 aromatic carbocycles. The van der Waals surface area contributed by atoms with E-state index in [-0.39, 0.29) is 5.56 Å². The molecule has 0 aliphatic heterocycles. The van der Waals surface area contributed by atoms with Gasteiger partial charge < -0.3 is 0 Å². The van der Waals surface area contributed by atoms with Gasteiger partial charge in [-0.2, -0.15) is 0 Å². The zero-order valence-electron chi connectivity index (χ0n) is 8.87. The first-order valence-electron chi connectivity index (χ1n) is 4.91. The Kier molecular flexibility index (Phi) is 2.46. The molecule has 0 spiro atoms. The lowest BCUT2D eigenvalue weighted by molar-refractivity contribution is 0.0176. The standard InChI is InChI=1S/C13H11F2N/c1-3-9-6-10-4-5-11(13(2,14)15)7-12(10)16-8-9/h3-8H,1H2,2H3. The van der Waals surface area contributed by atoms with Crippen molar-refractivity contribution in [1.29, 1.82) is 0 Å². The molecule has 0 aliphatic rings. The summed E-state index contributed by atoms with van der Waals surface area (Å²) in [6, 6.07) is 6.37. The Balaban J connectivity index is 2.60. The molecule has 0 unspecified atom stereocenters. The van der Waals surface area contributed by atoms with E-state index in [4.69, 9.17) is 0 Å². The topological polar surface area (TPSA) is 12.9 Å². The van der Waals surface area contributed by atoms with Crippen molar-refractivity contribution in [2.75, 3.05) is 0 Å². The Morgan fingerprint density at radius 3 is 2.69 bits per heavy atom. The van der Waals surface area contributed by atoms with Crippen LogP contribution in [0.2, 0.25) is 0 Å². The fraction of sp³-hybridized carbons (Fsp3) is 0.154. The molecule has 0 radical (unpaired) electrons. The highest BCUT2D eigenvalue weighted by atomic mass is 19.3. The van der Waals surface area contributed by atoms with Crippen LogP contribution in [0.4, 0.5) is 8.78 Å². The van der Waals surface area contributed by atoms with Gasteiger partial charge in [-0.15, -0.1) is 0 Å². The van der Waals surface area contributed by atoms with Crippen molar-refractivity contribution in [3.05, 3.63) is 48.2 Å². The SMILES string of the molecule is C=Cc1cnc2cc(C(C)(F)F)ccc2c1. The van der Waals surface area contributed by atoms with Gasteiger partial charge in [0.1, 0.15) is 0 Å². The molecule has 0 aliphatic carbocycles. The van der Waals surface area contributed by atoms with Gasteiger partial charge in [0.05, 0.1) is 5.52 Å². The van der Waals surface area contributed by atoms with Crippen LogP contribution in [0, 0.1) is 0 Å². The van der Waals surface area contributed by atoms with E-state index in [9.17, 15) is 8.78 Å². The van der Waals surface area contributed by atoms with Crippen LogP contribution in [0.5, 0.6) is 0 Å². The van der Waals surface area contributed by atoms with Crippen molar-refractivity contribution in [2.24, 2.45) is 0 Å². The summed E-state index contributed by atoms with van der Waals surface area (Å²) in [6.07, 6.45) is 3.29. The van der Waals surface area contributed by atoms with Crippen molar-refractivity contribution >= 4 is 17.0 Å². The number of fused-ring (bicyclic) bond motifs is 1. The van der Waals surface area contributed by atoms with Gasteiger partial charge in [0.25, 0.3) is 5.92 Å². The number of nitrogens with zero attached hydrogens (tertiary/aromatic N) is 1. The van der Waals surface area contributed by atoms with Crippen LogP contribution in [0.15, 0.2) is 37.0 Å². The van der Waals surface area contributed by atoms with E-state index in [1.807, 2.05) is 6.07 Å². The molecule has 0 fully saturated rings. The lowest BCUT2D eigenvalue weighted by atomic mass is 10.1. The van der Waals surface area contributed by atoms with Gasteiger partial charge in [-0.05, 0) is 17.7 Å². The average Bonchev–Trinajstić information content (AvgIpc) is 2.26. The number of rotatable bonds is 2. The molecule has 2 aromatic rings. The van der Waals surface area contributed by atoms with Gasteiger partial charge in [0.2, 0.25) is 0 Å². The minimum absolute atomic E-state index is 0.0150. The molecular formula is C13H11F2N. The molecule has 0 saturated carbocycles. The zero-order chi connectivity index (χ0) is 11.8. The van der Waals surface area contributed by atoms with E-state index in [2.05, 4.69) is 11.6 Å². The number of halogens is 2. The minimum atomic E-state index is -2.83. The number of alkyl halides is 2. The summed E-state index contributed by atoms with van der Waals surface area (Å²) in [5.41, 5.74) is 1.44. The first kappa shape index (κ1) is 10.7. The smallest absolute Gasteiger partial charge is 0.256 e. The van der Waals surface area contributed by atoms with Crippen LogP contribution in [0.25, 0.3) is 17.0 Å². The molecule has 82 valence electrons. The molecule has 0 amide bonds. The first-order valence-corrected chi connectivity index (χ1v) is 4.91. The molecule has 16 heavy (non-hydrogen) atoms. The Labute approximate surface area is 92.4 Å². The predicted octanol–water partition coefficient (Wildman–Crippen LogP) is 3.99. The number of hydrogen-bond acceptors (Lipinski definition) is 1. The lowest BCUT2D eigenvalue weighted by Gasteiger charge is -2.10. The predicted molar refractivity (Wildman–Crippen MR) is 61.4 cm³/mol. The summed E-state index contributed by atoms with van der Waals surface area (Å²) in [6.45, 7) is 4.52. The fourth-order valence-electron chi connectivity index (χ4n) is 1.52. The van der Waals surface area contributed by atoms with Crippen LogP contribution < -0.4 is 0 Å². The third-order valence-corrected chi connectivity index (χ3v) is 2.45. The summed E-state index contributed by atoms with van der Waals surface area (Å²) in [4.78, 5) is 4.12. The number of aromatic nitrogens is 1. The van der Waals surface area contributed by atoms with E-state index in [1.165, 1.54) is 12.1 Å². The molecule has 1 heterocycles. The molecule has 1 aromatic heterocycles. The zero-order valence-corrected chi connectivity index (χ0v) is 8.87. The Bertz CT molecular complexity index is 541. The highest BCUT2D eigenvalue weighted by molar-refractivity contribution is 5.81. The second-order valence-corrected chi connectivity index (χ2v) is 3.77. The third-order valence-electron chi connectivity index (χ3n) is 2.45. The summed E-state index contributed by atoms with van der Waals surface area (Å²) < 4.78 is 26.2. The summed E-state index contributed by atoms with van der Waals surface area (Å²) >= 11 is 0. The summed E-state index contributed by atoms with van der Waals surface area (Å²) in [7, 11) is 0. The van der Waals surface area contributed by atoms with Crippen molar-refractivity contribution in [1.82, 2.24) is 4.98 Å². The van der Waals surface area contributed by atoms with Gasteiger partial charge in [0.15, 0.2) is 0 Å². The highest BCUT2D eigenvalue weighted by Gasteiger charge is 2.24. The summed E-state index contributed by atoms with van der Waals surface area (Å²) in [5.74, 6) is -2.83. The maximum Gasteiger partial charge on any atom is 0.270 e. The van der Waals surface area contributed by atoms with Gasteiger partial charge in [-0.1, -0.05) is 24.8 Å². The number of pyridine rings is 1. The second-order valence-electron chi connectivity index (χ2n) is 3.77. The van der Waals surface area contributed by atoms with Gasteiger partial charge in [0, 0.05) is 24.1 Å². The van der Waals surface area contributed by atoms with Crippen molar-refractivity contribution in [3.8, 4) is 0 Å². The minimum Gasteiger partial charge on any atom is -0.256 e. The van der Waals surface area contributed by atoms with E-state index >= 15 is 0 Å². The maximum atomic E-state index is 13.1. The van der Waals surface area contributed by atoms with Gasteiger partial charge >= 0.3 is 0 Å². The van der Waals surface area contributed by atoms with Crippen molar-refractivity contribution < 1.29 is 8.78 Å². The number of hydrogen-bond donors (Lipinski definition) is 0. The fourth-order valence-corrected chi connectivity index (χ4v) is 1.52. The van der Waals surface area contributed by atoms with E-state index in [0.717, 1.165) is 17.9 Å². The molecule has 1 nitrogen and oxygen atoms in total. The molecule has 2 rings (SSSR count). The van der Waals surface area contributed by atoms with Crippen molar-refractivity contribution in [2.45, 2.75) is 12.8 Å². The Morgan fingerprint density at radius 2 is 2.06 bits per heavy atom. The highest BCUT2D eigenvalue weighted by Crippen LogP contribution is 2.29. The van der Waals surface area contributed by atoms with Crippen LogP contribution in [0.1, 0.15) is 18.1 Å². The van der Waals surface area contributed by atoms with Crippen LogP contribution in [-0.4, -0.2) is 4.98 Å². The van der Waals surface area contributed by atoms with Crippen LogP contribution in [-0.2, 0) is 5.92 Å². The Hall–Kier alpha value is -1.77. The van der Waals surface area contributed by atoms with E-state index in [1.54, 1.807) is 18.3 Å². The molecule has 0 atom stereocenters. The van der Waals surface area contributed by atoms with Gasteiger partial charge in [-0.25, -0.2) is 8.78 Å². The average molecular weight is 219 g/mol. The number of benzene rings is 1. The second kappa shape index (κ2) is 3.67. The Morgan fingerprint density at radius 1 is 1.31 bits per heavy atom. The molecule has 0 saturated heterocycles. The quantitative estimate of drug-likeness (QED) is 0.744. The molecule has 3 heteroatoms. The van der Waals surface area contributed by atoms with Crippen LogP contribution in [0.3, 0.4) is 0 Å². The van der Waals surface area contributed by atoms with E-state index < -0.39 is 5.92 Å². The molecule has 0 N–H and O–H groups in total. The first-order chi connectivity index (χ1) is 7.50. The molecular weight excluding hydrogens is 208 g/mol. The summed E-state index contributed by atoms with van der Waals surface area (Å²) in [5, 5.41) is 0.838.